The molecule has 0 radical (unpaired) electrons. The van der Waals surface area contributed by atoms with Gasteiger partial charge in [-0.2, -0.15) is 5.26 Å². The zero-order valence-corrected chi connectivity index (χ0v) is 16.5. The number of benzene rings is 2. The van der Waals surface area contributed by atoms with Crippen molar-refractivity contribution in [2.24, 2.45) is 0 Å². The van der Waals surface area contributed by atoms with Crippen LogP contribution in [0.5, 0.6) is 0 Å². The number of halogens is 1. The molecule has 1 heterocycles. The summed E-state index contributed by atoms with van der Waals surface area (Å²) < 4.78 is 7.02. The van der Waals surface area contributed by atoms with Gasteiger partial charge in [-0.15, -0.1) is 0 Å². The summed E-state index contributed by atoms with van der Waals surface area (Å²) in [4.78, 5) is 13.2. The Hall–Kier alpha value is -2.64. The molecule has 0 amide bonds. The number of Topliss-reactive ketones (excluding diaryl/α,β-unsaturated/α-hetero) is 1. The molecule has 2 atom stereocenters. The fourth-order valence-corrected chi connectivity index (χ4v) is 4.26. The second-order valence-electron chi connectivity index (χ2n) is 6.94. The average Bonchev–Trinajstić information content (AvgIpc) is 2.68. The number of nitrogens with zero attached hydrogens (tertiary/aromatic N) is 1. The molecule has 4 rings (SSSR count). The molecule has 0 saturated carbocycles. The number of hydrogen-bond donors (Lipinski definition) is 0. The van der Waals surface area contributed by atoms with Crippen LogP contribution in [-0.4, -0.2) is 5.78 Å². The summed E-state index contributed by atoms with van der Waals surface area (Å²) >= 11 is 3.46. The summed E-state index contributed by atoms with van der Waals surface area (Å²) in [5.41, 5.74) is 3.26. The second kappa shape index (κ2) is 7.17. The molecule has 0 aromatic heterocycles. The highest BCUT2D eigenvalue weighted by molar-refractivity contribution is 9.10. The fraction of sp³-hybridized carbons (Fsp3) is 0.217. The van der Waals surface area contributed by atoms with Crippen molar-refractivity contribution in [1.29, 1.82) is 5.26 Å². The molecular formula is C23H18BrNO2. The first-order valence-corrected chi connectivity index (χ1v) is 9.73. The van der Waals surface area contributed by atoms with Gasteiger partial charge in [0.05, 0.1) is 17.6 Å². The molecular weight excluding hydrogens is 402 g/mol. The van der Waals surface area contributed by atoms with Crippen molar-refractivity contribution in [3.63, 3.8) is 0 Å². The molecule has 1 aliphatic carbocycles. The van der Waals surface area contributed by atoms with Crippen LogP contribution in [0.15, 0.2) is 81.7 Å². The van der Waals surface area contributed by atoms with E-state index in [1.54, 1.807) is 0 Å². The average molecular weight is 420 g/mol. The minimum absolute atomic E-state index is 0.0678. The Bertz CT molecular complexity index is 997. The van der Waals surface area contributed by atoms with Crippen LogP contribution in [0, 0.1) is 11.3 Å². The number of carbonyl (C=O) groups excluding carboxylic acids is 1. The number of ketones is 1. The van der Waals surface area contributed by atoms with E-state index in [9.17, 15) is 10.1 Å². The number of hydrogen-bond acceptors (Lipinski definition) is 3. The lowest BCUT2D eigenvalue weighted by Crippen LogP contribution is -2.27. The van der Waals surface area contributed by atoms with Crippen LogP contribution < -0.4 is 0 Å². The van der Waals surface area contributed by atoms with Gasteiger partial charge in [0.15, 0.2) is 5.78 Å². The normalized spacial score (nSPS) is 22.2. The lowest BCUT2D eigenvalue weighted by molar-refractivity contribution is -0.117. The molecule has 1 aliphatic heterocycles. The monoisotopic (exact) mass is 419 g/mol. The predicted octanol–water partition coefficient (Wildman–Crippen LogP) is 5.76. The first-order valence-electron chi connectivity index (χ1n) is 8.94. The molecule has 2 aromatic carbocycles. The summed E-state index contributed by atoms with van der Waals surface area (Å²) in [6, 6.07) is 20.1. The van der Waals surface area contributed by atoms with E-state index in [0.29, 0.717) is 35.5 Å². The summed E-state index contributed by atoms with van der Waals surface area (Å²) in [6.45, 7) is 1.81. The molecule has 0 saturated heterocycles. The van der Waals surface area contributed by atoms with Crippen molar-refractivity contribution in [2.45, 2.75) is 31.6 Å². The Balaban J connectivity index is 1.77. The van der Waals surface area contributed by atoms with Crippen molar-refractivity contribution < 1.29 is 9.53 Å². The molecule has 4 heteroatoms. The van der Waals surface area contributed by atoms with Crippen molar-refractivity contribution in [1.82, 2.24) is 0 Å². The Kier molecular flexibility index (Phi) is 4.72. The SMILES string of the molecule is CC1=C(C#N)[C@H](c2ccccc2)C2=C(C[C@@H](c3ccc(Br)cc3)CC2=O)O1. The molecule has 3 nitrogen and oxygen atoms in total. The third-order valence-corrected chi connectivity index (χ3v) is 5.82. The van der Waals surface area contributed by atoms with Crippen LogP contribution in [0.3, 0.4) is 0 Å². The summed E-state index contributed by atoms with van der Waals surface area (Å²) in [5.74, 6) is 1.13. The first-order chi connectivity index (χ1) is 13.1. The maximum Gasteiger partial charge on any atom is 0.163 e. The van der Waals surface area contributed by atoms with E-state index in [4.69, 9.17) is 4.74 Å². The van der Waals surface area contributed by atoms with E-state index in [0.717, 1.165) is 15.6 Å². The quantitative estimate of drug-likeness (QED) is 0.621. The number of allylic oxidation sites excluding steroid dienone is 4. The Morgan fingerprint density at radius 3 is 2.41 bits per heavy atom. The van der Waals surface area contributed by atoms with Crippen LogP contribution in [-0.2, 0) is 9.53 Å². The zero-order chi connectivity index (χ0) is 19.0. The lowest BCUT2D eigenvalue weighted by atomic mass is 9.73. The Morgan fingerprint density at radius 1 is 1.04 bits per heavy atom. The minimum Gasteiger partial charge on any atom is -0.465 e. The van der Waals surface area contributed by atoms with Crippen molar-refractivity contribution >= 4 is 21.7 Å². The highest BCUT2D eigenvalue weighted by atomic mass is 79.9. The second-order valence-corrected chi connectivity index (χ2v) is 7.86. The van der Waals surface area contributed by atoms with E-state index < -0.39 is 0 Å². The third kappa shape index (κ3) is 3.24. The molecule has 27 heavy (non-hydrogen) atoms. The summed E-state index contributed by atoms with van der Waals surface area (Å²) in [7, 11) is 0. The van der Waals surface area contributed by atoms with Gasteiger partial charge in [-0.05, 0) is 36.1 Å². The first kappa shape index (κ1) is 17.8. The Morgan fingerprint density at radius 2 is 1.74 bits per heavy atom. The minimum atomic E-state index is -0.335. The molecule has 0 bridgehead atoms. The van der Waals surface area contributed by atoms with Crippen LogP contribution in [0.2, 0.25) is 0 Å². The standard InChI is InChI=1S/C23H18BrNO2/c1-14-19(13-25)22(16-5-3-2-4-6-16)23-20(26)11-17(12-21(23)27-14)15-7-9-18(24)10-8-15/h2-10,17,22H,11-12H2,1H3/t17-,22-/m0/s1. The van der Waals surface area contributed by atoms with Crippen LogP contribution in [0.25, 0.3) is 0 Å². The van der Waals surface area contributed by atoms with E-state index in [1.165, 1.54) is 0 Å². The molecule has 134 valence electrons. The highest BCUT2D eigenvalue weighted by Gasteiger charge is 2.40. The summed E-state index contributed by atoms with van der Waals surface area (Å²) in [5, 5.41) is 9.70. The van der Waals surface area contributed by atoms with Gasteiger partial charge in [0, 0.05) is 22.9 Å². The number of nitriles is 1. The van der Waals surface area contributed by atoms with Gasteiger partial charge in [-0.1, -0.05) is 58.4 Å². The number of rotatable bonds is 2. The molecule has 0 N–H and O–H groups in total. The van der Waals surface area contributed by atoms with E-state index >= 15 is 0 Å². The molecule has 0 spiro atoms. The lowest BCUT2D eigenvalue weighted by Gasteiger charge is -2.34. The molecule has 2 aliphatic rings. The van der Waals surface area contributed by atoms with Crippen LogP contribution in [0.1, 0.15) is 42.7 Å². The van der Waals surface area contributed by atoms with Gasteiger partial charge >= 0.3 is 0 Å². The zero-order valence-electron chi connectivity index (χ0n) is 14.9. The van der Waals surface area contributed by atoms with E-state index in [2.05, 4.69) is 34.1 Å². The van der Waals surface area contributed by atoms with Gasteiger partial charge in [0.25, 0.3) is 0 Å². The van der Waals surface area contributed by atoms with Gasteiger partial charge in [-0.25, -0.2) is 0 Å². The number of ether oxygens (including phenoxy) is 1. The maximum absolute atomic E-state index is 13.2. The third-order valence-electron chi connectivity index (χ3n) is 5.29. The largest absolute Gasteiger partial charge is 0.465 e. The molecule has 0 unspecified atom stereocenters. The fourth-order valence-electron chi connectivity index (χ4n) is 3.99. The van der Waals surface area contributed by atoms with Gasteiger partial charge in [-0.3, -0.25) is 4.79 Å². The maximum atomic E-state index is 13.2. The summed E-state index contributed by atoms with van der Waals surface area (Å²) in [6.07, 6.45) is 1.10. The van der Waals surface area contributed by atoms with Gasteiger partial charge in [0.2, 0.25) is 0 Å². The Labute approximate surface area is 167 Å². The molecule has 0 fully saturated rings. The predicted molar refractivity (Wildman–Crippen MR) is 107 cm³/mol. The van der Waals surface area contributed by atoms with Crippen LogP contribution in [0.4, 0.5) is 0 Å². The van der Waals surface area contributed by atoms with E-state index in [-0.39, 0.29) is 17.6 Å². The molecule has 2 aromatic rings. The topological polar surface area (TPSA) is 50.1 Å². The van der Waals surface area contributed by atoms with Crippen molar-refractivity contribution in [3.8, 4) is 6.07 Å². The highest BCUT2D eigenvalue weighted by Crippen LogP contribution is 2.47. The smallest absolute Gasteiger partial charge is 0.163 e. The van der Waals surface area contributed by atoms with Crippen LogP contribution >= 0.6 is 15.9 Å². The van der Waals surface area contributed by atoms with Crippen molar-refractivity contribution in [2.75, 3.05) is 0 Å². The van der Waals surface area contributed by atoms with Gasteiger partial charge < -0.3 is 4.74 Å². The van der Waals surface area contributed by atoms with Gasteiger partial charge in [0.1, 0.15) is 11.5 Å². The van der Waals surface area contributed by atoms with E-state index in [1.807, 2.05) is 49.4 Å². The number of carbonyl (C=O) groups is 1. The van der Waals surface area contributed by atoms with Crippen molar-refractivity contribution in [3.05, 3.63) is 92.9 Å².